The molecule has 2 heterocycles. The first kappa shape index (κ1) is 16.9. The number of carboxylic acids is 1. The van der Waals surface area contributed by atoms with Crippen molar-refractivity contribution in [3.8, 4) is 0 Å². The second kappa shape index (κ2) is 7.66. The lowest BCUT2D eigenvalue weighted by molar-refractivity contribution is -0.137. The maximum atomic E-state index is 11.1. The molecule has 3 rings (SSSR count). The number of carbonyl (C=O) groups excluding carboxylic acids is 2. The molecular weight excluding hydrogens is 318 g/mol. The zero-order chi connectivity index (χ0) is 16.8. The van der Waals surface area contributed by atoms with Gasteiger partial charge in [0.25, 0.3) is 11.8 Å². The summed E-state index contributed by atoms with van der Waals surface area (Å²) in [5, 5.41) is 19.4. The van der Waals surface area contributed by atoms with Gasteiger partial charge in [0.05, 0.1) is 11.1 Å². The van der Waals surface area contributed by atoms with Crippen LogP contribution in [0.25, 0.3) is 0 Å². The molecule has 1 aliphatic rings. The van der Waals surface area contributed by atoms with Crippen molar-refractivity contribution in [3.05, 3.63) is 57.8 Å². The number of aliphatic carboxylic acids is 1. The van der Waals surface area contributed by atoms with E-state index >= 15 is 0 Å². The number of nitrogens with zero attached hydrogens (tertiary/aromatic N) is 1. The van der Waals surface area contributed by atoms with Gasteiger partial charge in [-0.25, -0.2) is 0 Å². The number of imide groups is 1. The lowest BCUT2D eigenvalue weighted by atomic mass is 10.1. The van der Waals surface area contributed by atoms with Gasteiger partial charge in [0.15, 0.2) is 0 Å². The standard InChI is InChI=1S/C8H5NO3.C8H10O2S/c10-7-5-3-1-2-4-6(5)8(11)9(7)12;9-8(10)5-1-3-7-4-2-6-11-7/h1-4,12H;2,4,6H,1,3,5H2,(H,9,10). The summed E-state index contributed by atoms with van der Waals surface area (Å²) in [6.45, 7) is 0. The molecular formula is C16H15NO5S. The van der Waals surface area contributed by atoms with E-state index in [9.17, 15) is 14.4 Å². The minimum Gasteiger partial charge on any atom is -0.481 e. The number of hydrogen-bond donors (Lipinski definition) is 2. The summed E-state index contributed by atoms with van der Waals surface area (Å²) in [5.41, 5.74) is 0.509. The highest BCUT2D eigenvalue weighted by molar-refractivity contribution is 7.09. The molecule has 1 aliphatic heterocycles. The first-order chi connectivity index (χ1) is 11.0. The molecule has 0 saturated carbocycles. The van der Waals surface area contributed by atoms with Gasteiger partial charge < -0.3 is 5.11 Å². The third-order valence-corrected chi connectivity index (χ3v) is 4.10. The lowest BCUT2D eigenvalue weighted by Gasteiger charge is -1.99. The van der Waals surface area contributed by atoms with Gasteiger partial charge in [-0.1, -0.05) is 18.2 Å². The molecule has 6 nitrogen and oxygen atoms in total. The first-order valence-electron chi connectivity index (χ1n) is 6.91. The monoisotopic (exact) mass is 333 g/mol. The van der Waals surface area contributed by atoms with E-state index in [0.29, 0.717) is 0 Å². The Labute approximate surface area is 136 Å². The summed E-state index contributed by atoms with van der Waals surface area (Å²) in [4.78, 5) is 33.5. The smallest absolute Gasteiger partial charge is 0.303 e. The van der Waals surface area contributed by atoms with E-state index in [1.54, 1.807) is 23.5 Å². The normalized spacial score (nSPS) is 12.7. The highest BCUT2D eigenvalue weighted by Crippen LogP contribution is 2.20. The highest BCUT2D eigenvalue weighted by Gasteiger charge is 2.33. The largest absolute Gasteiger partial charge is 0.481 e. The fraction of sp³-hybridized carbons (Fsp3) is 0.188. The predicted octanol–water partition coefficient (Wildman–Crippen LogP) is 2.83. The molecule has 2 amide bonds. The second-order valence-corrected chi connectivity index (χ2v) is 5.83. The van der Waals surface area contributed by atoms with Crippen molar-refractivity contribution in [2.45, 2.75) is 19.3 Å². The molecule has 2 aromatic rings. The van der Waals surface area contributed by atoms with Gasteiger partial charge >= 0.3 is 5.97 Å². The van der Waals surface area contributed by atoms with Crippen LogP contribution in [-0.4, -0.2) is 33.2 Å². The van der Waals surface area contributed by atoms with Gasteiger partial charge in [0.2, 0.25) is 0 Å². The molecule has 1 aromatic heterocycles. The summed E-state index contributed by atoms with van der Waals surface area (Å²) < 4.78 is 0. The van der Waals surface area contributed by atoms with Crippen molar-refractivity contribution in [2.24, 2.45) is 0 Å². The van der Waals surface area contributed by atoms with Gasteiger partial charge in [-0.05, 0) is 36.4 Å². The van der Waals surface area contributed by atoms with Crippen LogP contribution in [0.4, 0.5) is 0 Å². The molecule has 2 N–H and O–H groups in total. The van der Waals surface area contributed by atoms with E-state index in [-0.39, 0.29) is 22.6 Å². The summed E-state index contributed by atoms with van der Waals surface area (Å²) in [6, 6.07) is 10.3. The molecule has 0 aliphatic carbocycles. The van der Waals surface area contributed by atoms with Crippen molar-refractivity contribution < 1.29 is 24.7 Å². The zero-order valence-electron chi connectivity index (χ0n) is 12.1. The molecule has 0 saturated heterocycles. The molecule has 120 valence electrons. The molecule has 0 radical (unpaired) electrons. The molecule has 23 heavy (non-hydrogen) atoms. The summed E-state index contributed by atoms with van der Waals surface area (Å²) in [7, 11) is 0. The minimum atomic E-state index is -0.707. The number of rotatable bonds is 4. The number of aryl methyl sites for hydroxylation is 1. The van der Waals surface area contributed by atoms with Crippen molar-refractivity contribution in [1.82, 2.24) is 5.06 Å². The van der Waals surface area contributed by atoms with E-state index in [1.807, 2.05) is 17.5 Å². The van der Waals surface area contributed by atoms with Crippen LogP contribution >= 0.6 is 11.3 Å². The van der Waals surface area contributed by atoms with Crippen LogP contribution < -0.4 is 0 Å². The third-order valence-electron chi connectivity index (χ3n) is 3.17. The predicted molar refractivity (Wildman–Crippen MR) is 83.6 cm³/mol. The van der Waals surface area contributed by atoms with Gasteiger partial charge in [-0.15, -0.1) is 16.4 Å². The number of benzene rings is 1. The Morgan fingerprint density at radius 1 is 1.04 bits per heavy atom. The molecule has 0 unspecified atom stereocenters. The SMILES string of the molecule is O=C(O)CCCc1cccs1.O=C1c2ccccc2C(=O)N1O. The number of amides is 2. The Hall–Kier alpha value is -2.51. The molecule has 1 aromatic carbocycles. The fourth-order valence-corrected chi connectivity index (χ4v) is 2.80. The van der Waals surface area contributed by atoms with Crippen LogP contribution in [0.5, 0.6) is 0 Å². The Kier molecular flexibility index (Phi) is 5.61. The number of thiophene rings is 1. The second-order valence-electron chi connectivity index (χ2n) is 4.79. The average Bonchev–Trinajstić information content (AvgIpc) is 3.12. The summed E-state index contributed by atoms with van der Waals surface area (Å²) in [5.74, 6) is -2.02. The topological polar surface area (TPSA) is 94.9 Å². The van der Waals surface area contributed by atoms with Gasteiger partial charge in [-0.3, -0.25) is 19.6 Å². The fourth-order valence-electron chi connectivity index (χ4n) is 2.05. The van der Waals surface area contributed by atoms with E-state index in [4.69, 9.17) is 10.3 Å². The first-order valence-corrected chi connectivity index (χ1v) is 7.79. The lowest BCUT2D eigenvalue weighted by Crippen LogP contribution is -2.25. The quantitative estimate of drug-likeness (QED) is 0.663. The van der Waals surface area contributed by atoms with E-state index in [1.165, 1.54) is 17.0 Å². The number of carboxylic acid groups (broad SMARTS) is 1. The molecule has 0 fully saturated rings. The number of hydroxylamine groups is 2. The third kappa shape index (κ3) is 4.24. The maximum Gasteiger partial charge on any atom is 0.303 e. The molecule has 7 heteroatoms. The van der Waals surface area contributed by atoms with Crippen LogP contribution in [0.2, 0.25) is 0 Å². The van der Waals surface area contributed by atoms with Gasteiger partial charge in [0.1, 0.15) is 0 Å². The average molecular weight is 333 g/mol. The molecule has 0 bridgehead atoms. The van der Waals surface area contributed by atoms with Crippen molar-refractivity contribution in [1.29, 1.82) is 0 Å². The van der Waals surface area contributed by atoms with Gasteiger partial charge in [0, 0.05) is 11.3 Å². The zero-order valence-corrected chi connectivity index (χ0v) is 13.0. The van der Waals surface area contributed by atoms with Crippen LogP contribution in [0.15, 0.2) is 41.8 Å². The molecule has 0 spiro atoms. The molecule has 0 atom stereocenters. The van der Waals surface area contributed by atoms with Crippen LogP contribution in [0.3, 0.4) is 0 Å². The summed E-state index contributed by atoms with van der Waals surface area (Å²) >= 11 is 1.68. The minimum absolute atomic E-state index is 0.130. The number of fused-ring (bicyclic) bond motifs is 1. The van der Waals surface area contributed by atoms with E-state index in [2.05, 4.69) is 0 Å². The Bertz CT molecular complexity index is 676. The maximum absolute atomic E-state index is 11.1. The van der Waals surface area contributed by atoms with E-state index < -0.39 is 17.8 Å². The number of carbonyl (C=O) groups is 3. The van der Waals surface area contributed by atoms with E-state index in [0.717, 1.165) is 12.8 Å². The Morgan fingerprint density at radius 2 is 1.65 bits per heavy atom. The van der Waals surface area contributed by atoms with Crippen LogP contribution in [0.1, 0.15) is 38.4 Å². The van der Waals surface area contributed by atoms with Crippen molar-refractivity contribution >= 4 is 29.1 Å². The Balaban J connectivity index is 0.000000168. The highest BCUT2D eigenvalue weighted by atomic mass is 32.1. The van der Waals surface area contributed by atoms with Crippen LogP contribution in [0, 0.1) is 0 Å². The van der Waals surface area contributed by atoms with Crippen LogP contribution in [-0.2, 0) is 11.2 Å². The van der Waals surface area contributed by atoms with Crippen molar-refractivity contribution in [2.75, 3.05) is 0 Å². The Morgan fingerprint density at radius 3 is 2.13 bits per heavy atom. The van der Waals surface area contributed by atoms with Gasteiger partial charge in [-0.2, -0.15) is 0 Å². The number of hydrogen-bond acceptors (Lipinski definition) is 5. The summed E-state index contributed by atoms with van der Waals surface area (Å²) in [6.07, 6.45) is 1.91. The van der Waals surface area contributed by atoms with Crippen molar-refractivity contribution in [3.63, 3.8) is 0 Å².